The monoisotopic (exact) mass is 268 g/mol. The Morgan fingerprint density at radius 2 is 2.11 bits per heavy atom. The maximum atomic E-state index is 11.4. The molecule has 0 radical (unpaired) electrons. The average Bonchev–Trinajstić information content (AvgIpc) is 2.25. The summed E-state index contributed by atoms with van der Waals surface area (Å²) in [7, 11) is -3.38. The Morgan fingerprint density at radius 3 is 2.72 bits per heavy atom. The molecule has 18 heavy (non-hydrogen) atoms. The minimum atomic E-state index is -3.38. The molecule has 0 aromatic heterocycles. The maximum absolute atomic E-state index is 11.4. The van der Waals surface area contributed by atoms with E-state index in [1.807, 2.05) is 0 Å². The number of carbonyl (C=O) groups is 1. The van der Waals surface area contributed by atoms with E-state index in [0.29, 0.717) is 11.4 Å². The average molecular weight is 268 g/mol. The van der Waals surface area contributed by atoms with Crippen LogP contribution in [0.1, 0.15) is 0 Å². The molecule has 0 saturated heterocycles. The van der Waals surface area contributed by atoms with E-state index in [1.54, 1.807) is 30.3 Å². The molecule has 0 fully saturated rings. The zero-order chi connectivity index (χ0) is 13.6. The first-order chi connectivity index (χ1) is 8.42. The van der Waals surface area contributed by atoms with Crippen molar-refractivity contribution in [3.63, 3.8) is 0 Å². The number of benzene rings is 1. The van der Waals surface area contributed by atoms with E-state index in [-0.39, 0.29) is 6.61 Å². The Labute approximate surface area is 105 Å². The highest BCUT2D eigenvalue weighted by Gasteiger charge is 2.12. The van der Waals surface area contributed by atoms with Gasteiger partial charge in [-0.05, 0) is 12.1 Å². The fourth-order valence-electron chi connectivity index (χ4n) is 1.23. The van der Waals surface area contributed by atoms with Gasteiger partial charge in [0, 0.05) is 6.26 Å². The van der Waals surface area contributed by atoms with Crippen LogP contribution in [-0.4, -0.2) is 32.9 Å². The van der Waals surface area contributed by atoms with Crippen LogP contribution in [0.15, 0.2) is 24.3 Å². The predicted octanol–water partition coefficient (Wildman–Crippen LogP) is 0.572. The molecule has 0 unspecified atom stereocenters. The van der Waals surface area contributed by atoms with Gasteiger partial charge in [-0.2, -0.15) is 5.26 Å². The Morgan fingerprint density at radius 1 is 1.44 bits per heavy atom. The van der Waals surface area contributed by atoms with Gasteiger partial charge in [-0.3, -0.25) is 4.79 Å². The molecule has 0 heterocycles. The molecule has 1 amide bonds. The summed E-state index contributed by atoms with van der Waals surface area (Å²) in [6.07, 6.45) is 0.977. The largest absolute Gasteiger partial charge is 0.477 e. The number of anilines is 1. The molecule has 1 aromatic carbocycles. The molecule has 0 aliphatic rings. The van der Waals surface area contributed by atoms with Crippen molar-refractivity contribution >= 4 is 21.4 Å². The molecule has 1 aromatic rings. The van der Waals surface area contributed by atoms with Crippen molar-refractivity contribution < 1.29 is 17.9 Å². The molecule has 0 saturated carbocycles. The number of nitrogens with zero attached hydrogens (tertiary/aromatic N) is 1. The Bertz CT molecular complexity index is 575. The lowest BCUT2D eigenvalue weighted by Gasteiger charge is -2.09. The van der Waals surface area contributed by atoms with Crippen molar-refractivity contribution in [2.24, 2.45) is 0 Å². The first-order valence-electron chi connectivity index (χ1n) is 4.99. The number of nitrogens with one attached hydrogen (secondary N) is 1. The summed E-state index contributed by atoms with van der Waals surface area (Å²) in [4.78, 5) is 11.4. The Kier molecular flexibility index (Phi) is 4.68. The summed E-state index contributed by atoms with van der Waals surface area (Å²) < 4.78 is 27.0. The van der Waals surface area contributed by atoms with Crippen LogP contribution in [0.5, 0.6) is 5.75 Å². The van der Waals surface area contributed by atoms with E-state index in [2.05, 4.69) is 5.32 Å². The van der Waals surface area contributed by atoms with Crippen LogP contribution in [0, 0.1) is 11.3 Å². The highest BCUT2D eigenvalue weighted by Crippen LogP contribution is 2.23. The Hall–Kier alpha value is -2.07. The topological polar surface area (TPSA) is 96.3 Å². The fraction of sp³-hybridized carbons (Fsp3) is 0.273. The van der Waals surface area contributed by atoms with E-state index in [4.69, 9.17) is 10.00 Å². The van der Waals surface area contributed by atoms with Crippen molar-refractivity contribution in [2.45, 2.75) is 0 Å². The number of rotatable bonds is 5. The molecular formula is C11H12N2O4S. The summed E-state index contributed by atoms with van der Waals surface area (Å²) in [5.41, 5.74) is 0.335. The quantitative estimate of drug-likeness (QED) is 0.842. The molecule has 96 valence electrons. The molecule has 1 N–H and O–H groups in total. The molecular weight excluding hydrogens is 256 g/mol. The van der Waals surface area contributed by atoms with E-state index < -0.39 is 21.5 Å². The van der Waals surface area contributed by atoms with Gasteiger partial charge >= 0.3 is 0 Å². The second-order valence-corrected chi connectivity index (χ2v) is 5.70. The van der Waals surface area contributed by atoms with Crippen LogP contribution in [0.25, 0.3) is 0 Å². The SMILES string of the molecule is CS(=O)(=O)CC(=O)Nc1ccccc1OCC#N. The minimum absolute atomic E-state index is 0.154. The predicted molar refractivity (Wildman–Crippen MR) is 65.9 cm³/mol. The third-order valence-corrected chi connectivity index (χ3v) is 2.63. The normalized spacial score (nSPS) is 10.4. The lowest BCUT2D eigenvalue weighted by atomic mass is 10.3. The highest BCUT2D eigenvalue weighted by molar-refractivity contribution is 7.91. The van der Waals surface area contributed by atoms with Crippen molar-refractivity contribution in [3.05, 3.63) is 24.3 Å². The minimum Gasteiger partial charge on any atom is -0.477 e. The fourth-order valence-corrected chi connectivity index (χ4v) is 1.78. The molecule has 0 spiro atoms. The van der Waals surface area contributed by atoms with Gasteiger partial charge in [-0.1, -0.05) is 12.1 Å². The van der Waals surface area contributed by atoms with Gasteiger partial charge in [0.1, 0.15) is 17.6 Å². The number of ether oxygens (including phenoxy) is 1. The zero-order valence-electron chi connectivity index (χ0n) is 9.71. The van der Waals surface area contributed by atoms with Crippen molar-refractivity contribution in [1.29, 1.82) is 5.26 Å². The van der Waals surface area contributed by atoms with Gasteiger partial charge in [0.15, 0.2) is 16.4 Å². The second-order valence-electron chi connectivity index (χ2n) is 3.56. The summed E-state index contributed by atoms with van der Waals surface area (Å²) in [5, 5.41) is 10.8. The van der Waals surface area contributed by atoms with E-state index in [0.717, 1.165) is 6.26 Å². The van der Waals surface area contributed by atoms with Crippen molar-refractivity contribution in [1.82, 2.24) is 0 Å². The summed E-state index contributed by atoms with van der Waals surface area (Å²) in [6, 6.07) is 8.28. The number of carbonyl (C=O) groups excluding carboxylic acids is 1. The van der Waals surface area contributed by atoms with Gasteiger partial charge in [0.25, 0.3) is 0 Å². The number of hydrogen-bond acceptors (Lipinski definition) is 5. The number of amides is 1. The molecule has 7 heteroatoms. The molecule has 6 nitrogen and oxygen atoms in total. The third-order valence-electron chi connectivity index (χ3n) is 1.85. The first-order valence-corrected chi connectivity index (χ1v) is 7.05. The summed E-state index contributed by atoms with van der Waals surface area (Å²) >= 11 is 0. The van der Waals surface area contributed by atoms with Crippen molar-refractivity contribution in [3.8, 4) is 11.8 Å². The van der Waals surface area contributed by atoms with Crippen LogP contribution in [0.4, 0.5) is 5.69 Å². The lowest BCUT2D eigenvalue weighted by Crippen LogP contribution is -2.22. The van der Waals surface area contributed by atoms with Crippen LogP contribution < -0.4 is 10.1 Å². The zero-order valence-corrected chi connectivity index (χ0v) is 10.5. The van der Waals surface area contributed by atoms with Crippen LogP contribution in [-0.2, 0) is 14.6 Å². The standard InChI is InChI=1S/C11H12N2O4S/c1-18(15,16)8-11(14)13-9-4-2-3-5-10(9)17-7-6-12/h2-5H,7-8H2,1H3,(H,13,14). The second kappa shape index (κ2) is 6.02. The van der Waals surface area contributed by atoms with Crippen LogP contribution in [0.2, 0.25) is 0 Å². The maximum Gasteiger partial charge on any atom is 0.239 e. The van der Waals surface area contributed by atoms with Gasteiger partial charge < -0.3 is 10.1 Å². The number of hydrogen-bond donors (Lipinski definition) is 1. The smallest absolute Gasteiger partial charge is 0.239 e. The van der Waals surface area contributed by atoms with Crippen molar-refractivity contribution in [2.75, 3.05) is 23.9 Å². The number of nitriles is 1. The molecule has 0 atom stereocenters. The Balaban J connectivity index is 2.78. The van der Waals surface area contributed by atoms with Gasteiger partial charge in [0.2, 0.25) is 5.91 Å². The van der Waals surface area contributed by atoms with Crippen LogP contribution in [0.3, 0.4) is 0 Å². The molecule has 1 rings (SSSR count). The summed E-state index contributed by atoms with van der Waals surface area (Å²) in [6.45, 7) is -0.154. The van der Waals surface area contributed by atoms with Crippen LogP contribution >= 0.6 is 0 Å². The molecule has 0 bridgehead atoms. The molecule has 0 aliphatic carbocycles. The highest BCUT2D eigenvalue weighted by atomic mass is 32.2. The van der Waals surface area contributed by atoms with E-state index in [9.17, 15) is 13.2 Å². The summed E-state index contributed by atoms with van der Waals surface area (Å²) in [5.74, 6) is -0.925. The third kappa shape index (κ3) is 4.84. The van der Waals surface area contributed by atoms with Gasteiger partial charge in [-0.15, -0.1) is 0 Å². The first kappa shape index (κ1) is 14.0. The van der Waals surface area contributed by atoms with E-state index in [1.165, 1.54) is 0 Å². The number of sulfone groups is 1. The lowest BCUT2D eigenvalue weighted by molar-refractivity contribution is -0.113. The van der Waals surface area contributed by atoms with Gasteiger partial charge in [-0.25, -0.2) is 8.42 Å². The number of para-hydroxylation sites is 2. The van der Waals surface area contributed by atoms with E-state index >= 15 is 0 Å². The van der Waals surface area contributed by atoms with Gasteiger partial charge in [0.05, 0.1) is 5.69 Å². The molecule has 0 aliphatic heterocycles.